The zero-order chi connectivity index (χ0) is 20.6. The Morgan fingerprint density at radius 2 is 1.23 bits per heavy atom. The molecule has 0 amide bonds. The van der Waals surface area contributed by atoms with E-state index in [1.165, 1.54) is 0 Å². The van der Waals surface area contributed by atoms with Crippen molar-refractivity contribution in [1.29, 1.82) is 0 Å². The summed E-state index contributed by atoms with van der Waals surface area (Å²) in [6.45, 7) is 24.7. The van der Waals surface area contributed by atoms with E-state index in [-0.39, 0.29) is 22.7 Å². The van der Waals surface area contributed by atoms with Crippen LogP contribution in [0.4, 0.5) is 0 Å². The number of ether oxygens (including phenoxy) is 2. The average molecular weight is 381 g/mol. The fourth-order valence-corrected chi connectivity index (χ4v) is 3.27. The average Bonchev–Trinajstić information content (AvgIpc) is 2.43. The highest BCUT2D eigenvalue weighted by atomic mass is 28.4. The third kappa shape index (κ3) is 5.50. The molecule has 0 aromatic heterocycles. The van der Waals surface area contributed by atoms with Gasteiger partial charge in [-0.25, -0.2) is 0 Å². The first kappa shape index (κ1) is 23.0. The molecule has 0 N–H and O–H groups in total. The van der Waals surface area contributed by atoms with E-state index >= 15 is 0 Å². The Labute approximate surface area is 162 Å². The predicted molar refractivity (Wildman–Crippen MR) is 114 cm³/mol. The maximum atomic E-state index is 6.19. The minimum absolute atomic E-state index is 0.0367. The zero-order valence-corrected chi connectivity index (χ0v) is 20.1. The van der Waals surface area contributed by atoms with E-state index in [1.54, 1.807) is 7.11 Å². The molecule has 1 aromatic carbocycles. The lowest BCUT2D eigenvalue weighted by Gasteiger charge is -2.36. The van der Waals surface area contributed by atoms with Crippen molar-refractivity contribution in [2.24, 2.45) is 0 Å². The second-order valence-corrected chi connectivity index (χ2v) is 15.5. The lowest BCUT2D eigenvalue weighted by atomic mass is 9.79. The highest BCUT2D eigenvalue weighted by molar-refractivity contribution is 6.74. The summed E-state index contributed by atoms with van der Waals surface area (Å²) in [5.41, 5.74) is 2.25. The normalized spacial score (nSPS) is 13.7. The molecule has 0 fully saturated rings. The summed E-state index contributed by atoms with van der Waals surface area (Å²) < 4.78 is 18.1. The van der Waals surface area contributed by atoms with Gasteiger partial charge in [0.2, 0.25) is 0 Å². The van der Waals surface area contributed by atoms with Crippen LogP contribution < -0.4 is 9.47 Å². The van der Waals surface area contributed by atoms with Gasteiger partial charge in [0.1, 0.15) is 11.5 Å². The number of hydrogen-bond acceptors (Lipinski definition) is 3. The van der Waals surface area contributed by atoms with Gasteiger partial charge >= 0.3 is 0 Å². The van der Waals surface area contributed by atoms with Crippen LogP contribution in [0, 0.1) is 0 Å². The third-order valence-corrected chi connectivity index (χ3v) is 9.79. The molecule has 0 bridgehead atoms. The van der Waals surface area contributed by atoms with Gasteiger partial charge in [-0.1, -0.05) is 62.3 Å². The maximum Gasteiger partial charge on any atom is 0.196 e. The molecule has 0 aliphatic rings. The van der Waals surface area contributed by atoms with E-state index in [0.717, 1.165) is 22.6 Å². The molecule has 0 atom stereocenters. The smallest absolute Gasteiger partial charge is 0.196 e. The van der Waals surface area contributed by atoms with Gasteiger partial charge in [0, 0.05) is 11.1 Å². The van der Waals surface area contributed by atoms with Crippen molar-refractivity contribution in [2.45, 2.75) is 91.3 Å². The third-order valence-electron chi connectivity index (χ3n) is 5.33. The fourth-order valence-electron chi connectivity index (χ4n) is 2.48. The summed E-state index contributed by atoms with van der Waals surface area (Å²) >= 11 is 0. The number of methoxy groups -OCH3 is 1. The molecule has 0 saturated heterocycles. The Balaban J connectivity index is 3.21. The topological polar surface area (TPSA) is 27.7 Å². The molecule has 0 aliphatic carbocycles. The van der Waals surface area contributed by atoms with Crippen LogP contribution in [-0.4, -0.2) is 22.2 Å². The van der Waals surface area contributed by atoms with Crippen molar-refractivity contribution in [3.8, 4) is 11.5 Å². The second-order valence-electron chi connectivity index (χ2n) is 10.7. The van der Waals surface area contributed by atoms with Gasteiger partial charge in [-0.15, -0.1) is 0 Å². The molecule has 0 heterocycles. The van der Waals surface area contributed by atoms with Crippen LogP contribution >= 0.6 is 0 Å². The molecular weight excluding hydrogens is 340 g/mol. The molecule has 0 saturated carbocycles. The van der Waals surface area contributed by atoms with Crippen molar-refractivity contribution in [2.75, 3.05) is 13.9 Å². The molecule has 0 unspecified atom stereocenters. The van der Waals surface area contributed by atoms with Gasteiger partial charge in [-0.2, -0.15) is 0 Å². The van der Waals surface area contributed by atoms with Crippen molar-refractivity contribution < 1.29 is 13.9 Å². The summed E-state index contributed by atoms with van der Waals surface area (Å²) in [6.07, 6.45) is 0. The van der Waals surface area contributed by atoms with E-state index in [1.807, 2.05) is 0 Å². The summed E-state index contributed by atoms with van der Waals surface area (Å²) in [6, 6.07) is 4.20. The first-order valence-corrected chi connectivity index (χ1v) is 12.4. The SMILES string of the molecule is COc1c(C(C)(C)C)cc(OCO[Si](C)(C)C(C)(C)C)cc1C(C)(C)C. The largest absolute Gasteiger partial charge is 0.496 e. The summed E-state index contributed by atoms with van der Waals surface area (Å²) in [5, 5.41) is 0.170. The standard InChI is InChI=1S/C22H40O3Si/c1-20(2,3)17-13-16(14-18(19(17)23-10)21(4,5)6)24-15-25-26(11,12)22(7,8)9/h13-14H,15H2,1-12H3. The number of rotatable bonds is 5. The van der Waals surface area contributed by atoms with E-state index in [0.29, 0.717) is 0 Å². The molecule has 0 spiro atoms. The number of hydrogen-bond donors (Lipinski definition) is 0. The maximum absolute atomic E-state index is 6.19. The summed E-state index contributed by atoms with van der Waals surface area (Å²) in [4.78, 5) is 0. The van der Waals surface area contributed by atoms with Gasteiger partial charge in [0.25, 0.3) is 0 Å². The monoisotopic (exact) mass is 380 g/mol. The molecule has 150 valence electrons. The van der Waals surface area contributed by atoms with Crippen molar-refractivity contribution >= 4 is 8.32 Å². The number of benzene rings is 1. The molecule has 1 rings (SSSR count). The van der Waals surface area contributed by atoms with Gasteiger partial charge in [-0.05, 0) is 41.1 Å². The van der Waals surface area contributed by atoms with Crippen LogP contribution in [-0.2, 0) is 15.3 Å². The Hall–Kier alpha value is -1.00. The van der Waals surface area contributed by atoms with E-state index in [9.17, 15) is 0 Å². The Bertz CT molecular complexity index is 579. The van der Waals surface area contributed by atoms with Gasteiger partial charge in [0.15, 0.2) is 15.1 Å². The van der Waals surface area contributed by atoms with Crippen molar-refractivity contribution in [3.63, 3.8) is 0 Å². The van der Waals surface area contributed by atoms with Crippen LogP contribution in [0.5, 0.6) is 11.5 Å². The summed E-state index contributed by atoms with van der Waals surface area (Å²) in [7, 11) is -0.0758. The van der Waals surface area contributed by atoms with Gasteiger partial charge < -0.3 is 13.9 Å². The molecule has 4 heteroatoms. The summed E-state index contributed by atoms with van der Waals surface area (Å²) in [5.74, 6) is 1.81. The minimum Gasteiger partial charge on any atom is -0.496 e. The van der Waals surface area contributed by atoms with Crippen LogP contribution in [0.15, 0.2) is 12.1 Å². The van der Waals surface area contributed by atoms with Crippen LogP contribution in [0.1, 0.15) is 73.4 Å². The van der Waals surface area contributed by atoms with E-state index in [4.69, 9.17) is 13.9 Å². The molecule has 3 nitrogen and oxygen atoms in total. The minimum atomic E-state index is -1.83. The van der Waals surface area contributed by atoms with Crippen LogP contribution in [0.3, 0.4) is 0 Å². The fraction of sp³-hybridized carbons (Fsp3) is 0.727. The zero-order valence-electron chi connectivity index (χ0n) is 19.1. The molecular formula is C22H40O3Si. The van der Waals surface area contributed by atoms with Crippen LogP contribution in [0.2, 0.25) is 18.1 Å². The van der Waals surface area contributed by atoms with Crippen molar-refractivity contribution in [3.05, 3.63) is 23.3 Å². The molecule has 0 radical (unpaired) electrons. The molecule has 26 heavy (non-hydrogen) atoms. The molecule has 0 aliphatic heterocycles. The van der Waals surface area contributed by atoms with Gasteiger partial charge in [-0.3, -0.25) is 0 Å². The lowest BCUT2D eigenvalue weighted by Crippen LogP contribution is -2.41. The Morgan fingerprint density at radius 1 is 0.808 bits per heavy atom. The quantitative estimate of drug-likeness (QED) is 0.423. The second kappa shape index (κ2) is 7.55. The van der Waals surface area contributed by atoms with Crippen molar-refractivity contribution in [1.82, 2.24) is 0 Å². The first-order valence-electron chi connectivity index (χ1n) is 9.50. The predicted octanol–water partition coefficient (Wildman–Crippen LogP) is 6.65. The lowest BCUT2D eigenvalue weighted by molar-refractivity contribution is 0.106. The highest BCUT2D eigenvalue weighted by Gasteiger charge is 2.37. The Morgan fingerprint density at radius 3 is 1.54 bits per heavy atom. The van der Waals surface area contributed by atoms with E-state index in [2.05, 4.69) is 87.5 Å². The van der Waals surface area contributed by atoms with Crippen LogP contribution in [0.25, 0.3) is 0 Å². The highest BCUT2D eigenvalue weighted by Crippen LogP contribution is 2.42. The van der Waals surface area contributed by atoms with Gasteiger partial charge in [0.05, 0.1) is 7.11 Å². The molecule has 1 aromatic rings. The first-order chi connectivity index (χ1) is 11.5. The van der Waals surface area contributed by atoms with E-state index < -0.39 is 8.32 Å². The Kier molecular flexibility index (Phi) is 6.69.